The molecule has 1 rings (SSSR count). The maximum atomic E-state index is 13.1. The van der Waals surface area contributed by atoms with E-state index in [-0.39, 0.29) is 5.82 Å². The minimum absolute atomic E-state index is 0.323. The quantitative estimate of drug-likeness (QED) is 0.694. The molecule has 70 valence electrons. The molecule has 0 aliphatic heterocycles. The molecule has 1 N–H and O–H groups in total. The van der Waals surface area contributed by atoms with Gasteiger partial charge in [-0.1, -0.05) is 29.8 Å². The Kier molecular flexibility index (Phi) is 3.20. The van der Waals surface area contributed by atoms with Gasteiger partial charge in [-0.05, 0) is 19.9 Å². The second kappa shape index (κ2) is 4.19. The molecule has 0 bridgehead atoms. The minimum Gasteiger partial charge on any atom is -0.384 e. The highest BCUT2D eigenvalue weighted by Gasteiger charge is 2.08. The van der Waals surface area contributed by atoms with Gasteiger partial charge in [0, 0.05) is 5.56 Å². The third-order valence-corrected chi connectivity index (χ3v) is 1.72. The van der Waals surface area contributed by atoms with Gasteiger partial charge in [0.1, 0.15) is 11.9 Å². The van der Waals surface area contributed by atoms with Crippen molar-refractivity contribution in [1.29, 1.82) is 0 Å². The van der Waals surface area contributed by atoms with E-state index < -0.39 is 6.10 Å². The number of hydrogen-bond acceptors (Lipinski definition) is 1. The standard InChI is InChI=1S/C11H13FO/c1-8(2)7-11(13)9-5-3-4-6-10(9)12/h3-7,11,13H,1-2H3. The summed E-state index contributed by atoms with van der Waals surface area (Å²) < 4.78 is 13.1. The van der Waals surface area contributed by atoms with E-state index in [0.29, 0.717) is 5.56 Å². The lowest BCUT2D eigenvalue weighted by atomic mass is 10.1. The molecule has 13 heavy (non-hydrogen) atoms. The van der Waals surface area contributed by atoms with Crippen LogP contribution in [-0.4, -0.2) is 5.11 Å². The van der Waals surface area contributed by atoms with Crippen molar-refractivity contribution in [2.75, 3.05) is 0 Å². The summed E-state index contributed by atoms with van der Waals surface area (Å²) in [5, 5.41) is 9.56. The van der Waals surface area contributed by atoms with Crippen molar-refractivity contribution in [3.63, 3.8) is 0 Å². The largest absolute Gasteiger partial charge is 0.384 e. The van der Waals surface area contributed by atoms with Crippen molar-refractivity contribution in [3.8, 4) is 0 Å². The fraction of sp³-hybridized carbons (Fsp3) is 0.273. The zero-order valence-corrected chi connectivity index (χ0v) is 7.79. The summed E-state index contributed by atoms with van der Waals surface area (Å²) in [7, 11) is 0. The normalized spacial score (nSPS) is 12.3. The maximum absolute atomic E-state index is 13.1. The van der Waals surface area contributed by atoms with Crippen LogP contribution in [0.15, 0.2) is 35.9 Å². The second-order valence-corrected chi connectivity index (χ2v) is 3.21. The van der Waals surface area contributed by atoms with Crippen LogP contribution in [0.5, 0.6) is 0 Å². The van der Waals surface area contributed by atoms with Crippen molar-refractivity contribution >= 4 is 0 Å². The molecule has 0 aliphatic carbocycles. The van der Waals surface area contributed by atoms with Gasteiger partial charge in [0.05, 0.1) is 0 Å². The van der Waals surface area contributed by atoms with E-state index in [9.17, 15) is 9.50 Å². The third kappa shape index (κ3) is 2.67. The number of rotatable bonds is 2. The summed E-state index contributed by atoms with van der Waals surface area (Å²) in [6, 6.07) is 6.24. The van der Waals surface area contributed by atoms with Crippen LogP contribution in [0.25, 0.3) is 0 Å². The molecule has 0 aliphatic rings. The zero-order chi connectivity index (χ0) is 9.84. The summed E-state index contributed by atoms with van der Waals surface area (Å²) in [6.07, 6.45) is 0.782. The lowest BCUT2D eigenvalue weighted by Crippen LogP contribution is -1.97. The first-order valence-corrected chi connectivity index (χ1v) is 4.19. The first kappa shape index (κ1) is 9.93. The predicted octanol–water partition coefficient (Wildman–Crippen LogP) is 2.83. The van der Waals surface area contributed by atoms with Gasteiger partial charge in [0.25, 0.3) is 0 Å². The van der Waals surface area contributed by atoms with E-state index in [4.69, 9.17) is 0 Å². The number of halogens is 1. The topological polar surface area (TPSA) is 20.2 Å². The number of allylic oxidation sites excluding steroid dienone is 1. The van der Waals surface area contributed by atoms with E-state index in [1.165, 1.54) is 6.07 Å². The lowest BCUT2D eigenvalue weighted by molar-refractivity contribution is 0.222. The molecule has 1 aromatic carbocycles. The van der Waals surface area contributed by atoms with Gasteiger partial charge in [0.15, 0.2) is 0 Å². The SMILES string of the molecule is CC(C)=CC(O)c1ccccc1F. The van der Waals surface area contributed by atoms with E-state index in [1.807, 2.05) is 13.8 Å². The van der Waals surface area contributed by atoms with Gasteiger partial charge in [0.2, 0.25) is 0 Å². The molecule has 0 spiro atoms. The van der Waals surface area contributed by atoms with Crippen molar-refractivity contribution in [1.82, 2.24) is 0 Å². The van der Waals surface area contributed by atoms with Crippen LogP contribution in [0, 0.1) is 5.82 Å². The zero-order valence-electron chi connectivity index (χ0n) is 7.79. The number of aliphatic hydroxyl groups excluding tert-OH is 1. The number of hydrogen-bond donors (Lipinski definition) is 1. The highest BCUT2D eigenvalue weighted by atomic mass is 19.1. The molecule has 0 aromatic heterocycles. The van der Waals surface area contributed by atoms with Gasteiger partial charge in [-0.3, -0.25) is 0 Å². The Hall–Kier alpha value is -1.15. The van der Waals surface area contributed by atoms with Crippen LogP contribution < -0.4 is 0 Å². The van der Waals surface area contributed by atoms with E-state index in [0.717, 1.165) is 5.57 Å². The molecule has 1 unspecified atom stereocenters. The Balaban J connectivity index is 2.95. The smallest absolute Gasteiger partial charge is 0.129 e. The number of aliphatic hydroxyl groups is 1. The van der Waals surface area contributed by atoms with Gasteiger partial charge in [-0.2, -0.15) is 0 Å². The van der Waals surface area contributed by atoms with Crippen LogP contribution >= 0.6 is 0 Å². The summed E-state index contributed by atoms with van der Waals surface area (Å²) in [6.45, 7) is 3.73. The highest BCUT2D eigenvalue weighted by molar-refractivity contribution is 5.23. The first-order chi connectivity index (χ1) is 6.11. The van der Waals surface area contributed by atoms with Gasteiger partial charge < -0.3 is 5.11 Å². The van der Waals surface area contributed by atoms with Gasteiger partial charge in [-0.15, -0.1) is 0 Å². The Morgan fingerprint density at radius 1 is 1.38 bits per heavy atom. The molecule has 1 atom stereocenters. The lowest BCUT2D eigenvalue weighted by Gasteiger charge is -2.07. The average Bonchev–Trinajstić information content (AvgIpc) is 2.03. The molecule has 0 amide bonds. The monoisotopic (exact) mass is 180 g/mol. The predicted molar refractivity (Wildman–Crippen MR) is 50.8 cm³/mol. The third-order valence-electron chi connectivity index (χ3n) is 1.72. The summed E-state index contributed by atoms with van der Waals surface area (Å²) in [5.41, 5.74) is 1.29. The molecule has 1 aromatic rings. The van der Waals surface area contributed by atoms with Crippen LogP contribution in [0.4, 0.5) is 4.39 Å². The molecular weight excluding hydrogens is 167 g/mol. The average molecular weight is 180 g/mol. The van der Waals surface area contributed by atoms with Crippen LogP contribution in [0.3, 0.4) is 0 Å². The summed E-state index contributed by atoms with van der Waals surface area (Å²) in [5.74, 6) is -0.368. The second-order valence-electron chi connectivity index (χ2n) is 3.21. The Morgan fingerprint density at radius 3 is 2.54 bits per heavy atom. The number of benzene rings is 1. The van der Waals surface area contributed by atoms with E-state index >= 15 is 0 Å². The fourth-order valence-electron chi connectivity index (χ4n) is 1.12. The Labute approximate surface area is 77.5 Å². The van der Waals surface area contributed by atoms with Crippen LogP contribution in [0.1, 0.15) is 25.5 Å². The van der Waals surface area contributed by atoms with Crippen molar-refractivity contribution < 1.29 is 9.50 Å². The van der Waals surface area contributed by atoms with Gasteiger partial charge in [-0.25, -0.2) is 4.39 Å². The molecule has 2 heteroatoms. The molecule has 0 heterocycles. The molecule has 0 saturated heterocycles. The summed E-state index contributed by atoms with van der Waals surface area (Å²) >= 11 is 0. The summed E-state index contributed by atoms with van der Waals surface area (Å²) in [4.78, 5) is 0. The molecule has 1 nitrogen and oxygen atoms in total. The van der Waals surface area contributed by atoms with Crippen molar-refractivity contribution in [3.05, 3.63) is 47.3 Å². The van der Waals surface area contributed by atoms with Crippen molar-refractivity contribution in [2.45, 2.75) is 20.0 Å². The molecular formula is C11H13FO. The Morgan fingerprint density at radius 2 is 2.00 bits per heavy atom. The molecule has 0 saturated carbocycles. The van der Waals surface area contributed by atoms with Crippen LogP contribution in [-0.2, 0) is 0 Å². The minimum atomic E-state index is -0.841. The fourth-order valence-corrected chi connectivity index (χ4v) is 1.12. The van der Waals surface area contributed by atoms with Gasteiger partial charge >= 0.3 is 0 Å². The molecule has 0 fully saturated rings. The van der Waals surface area contributed by atoms with E-state index in [1.54, 1.807) is 24.3 Å². The van der Waals surface area contributed by atoms with E-state index in [2.05, 4.69) is 0 Å². The van der Waals surface area contributed by atoms with Crippen LogP contribution in [0.2, 0.25) is 0 Å². The van der Waals surface area contributed by atoms with Crippen molar-refractivity contribution in [2.24, 2.45) is 0 Å². The highest BCUT2D eigenvalue weighted by Crippen LogP contribution is 2.18. The molecule has 0 radical (unpaired) electrons. The Bertz CT molecular complexity index is 314. The first-order valence-electron chi connectivity index (χ1n) is 4.19. The maximum Gasteiger partial charge on any atom is 0.129 e.